The van der Waals surface area contributed by atoms with Crippen molar-refractivity contribution in [2.75, 3.05) is 18.4 Å². The maximum Gasteiger partial charge on any atom is 0.321 e. The zero-order valence-electron chi connectivity index (χ0n) is 18.5. The summed E-state index contributed by atoms with van der Waals surface area (Å²) in [5.41, 5.74) is 1.84. The van der Waals surface area contributed by atoms with E-state index in [2.05, 4.69) is 24.5 Å². The maximum absolute atomic E-state index is 13.0. The third-order valence-electron chi connectivity index (χ3n) is 5.19. The summed E-state index contributed by atoms with van der Waals surface area (Å²) in [6.45, 7) is 7.04. The summed E-state index contributed by atoms with van der Waals surface area (Å²) >= 11 is 0. The van der Waals surface area contributed by atoms with Gasteiger partial charge < -0.3 is 15.5 Å². The van der Waals surface area contributed by atoms with Crippen LogP contribution in [0.15, 0.2) is 72.8 Å². The second kappa shape index (κ2) is 10.6. The fraction of sp³-hybridized carbons (Fsp3) is 0.308. The number of nitrogens with one attached hydrogen (secondary N) is 2. The molecule has 1 unspecified atom stereocenters. The SMILES string of the molecule is CC(C)CN(CCC(=O)NC(C)c1ccccc1)C(=O)Nc1cccc2ccccc12. The van der Waals surface area contributed by atoms with Gasteiger partial charge in [-0.1, -0.05) is 80.6 Å². The van der Waals surface area contributed by atoms with Gasteiger partial charge in [-0.2, -0.15) is 0 Å². The number of hydrogen-bond acceptors (Lipinski definition) is 2. The van der Waals surface area contributed by atoms with E-state index in [1.165, 1.54) is 0 Å². The first-order chi connectivity index (χ1) is 14.9. The highest BCUT2D eigenvalue weighted by Gasteiger charge is 2.18. The number of fused-ring (bicyclic) bond motifs is 1. The number of nitrogens with zero attached hydrogens (tertiary/aromatic N) is 1. The molecule has 0 bridgehead atoms. The fourth-order valence-electron chi connectivity index (χ4n) is 3.62. The molecule has 3 rings (SSSR count). The molecule has 0 heterocycles. The summed E-state index contributed by atoms with van der Waals surface area (Å²) < 4.78 is 0. The van der Waals surface area contributed by atoms with E-state index in [1.807, 2.05) is 79.7 Å². The number of rotatable bonds is 8. The summed E-state index contributed by atoms with van der Waals surface area (Å²) in [7, 11) is 0. The Balaban J connectivity index is 1.62. The van der Waals surface area contributed by atoms with Crippen LogP contribution in [0.1, 0.15) is 38.8 Å². The van der Waals surface area contributed by atoms with Gasteiger partial charge in [-0.15, -0.1) is 0 Å². The van der Waals surface area contributed by atoms with Crippen LogP contribution in [0.2, 0.25) is 0 Å². The Kier molecular flexibility index (Phi) is 7.65. The molecule has 0 saturated heterocycles. The fourth-order valence-corrected chi connectivity index (χ4v) is 3.62. The second-order valence-corrected chi connectivity index (χ2v) is 8.25. The Morgan fingerprint density at radius 3 is 2.29 bits per heavy atom. The average molecular weight is 418 g/mol. The molecule has 2 N–H and O–H groups in total. The summed E-state index contributed by atoms with van der Waals surface area (Å²) in [5, 5.41) is 8.13. The molecule has 0 aliphatic carbocycles. The highest BCUT2D eigenvalue weighted by molar-refractivity contribution is 6.01. The molecule has 3 amide bonds. The summed E-state index contributed by atoms with van der Waals surface area (Å²) in [5.74, 6) is 0.229. The van der Waals surface area contributed by atoms with Gasteiger partial charge in [0.25, 0.3) is 0 Å². The van der Waals surface area contributed by atoms with E-state index in [4.69, 9.17) is 0 Å². The van der Waals surface area contributed by atoms with Crippen LogP contribution in [0.4, 0.5) is 10.5 Å². The van der Waals surface area contributed by atoms with Crippen molar-refractivity contribution in [2.45, 2.75) is 33.2 Å². The summed E-state index contributed by atoms with van der Waals surface area (Å²) in [6.07, 6.45) is 0.257. The number of urea groups is 1. The zero-order valence-corrected chi connectivity index (χ0v) is 18.5. The minimum Gasteiger partial charge on any atom is -0.350 e. The number of carbonyl (C=O) groups is 2. The largest absolute Gasteiger partial charge is 0.350 e. The van der Waals surface area contributed by atoms with E-state index >= 15 is 0 Å². The molecule has 0 aliphatic heterocycles. The van der Waals surface area contributed by atoms with Crippen LogP contribution in [0.3, 0.4) is 0 Å². The molecule has 0 radical (unpaired) electrons. The smallest absolute Gasteiger partial charge is 0.321 e. The van der Waals surface area contributed by atoms with E-state index < -0.39 is 0 Å². The first kappa shape index (κ1) is 22.3. The average Bonchev–Trinajstić information content (AvgIpc) is 2.77. The lowest BCUT2D eigenvalue weighted by molar-refractivity contribution is -0.121. The summed E-state index contributed by atoms with van der Waals surface area (Å²) in [4.78, 5) is 27.3. The van der Waals surface area contributed by atoms with Crippen LogP contribution >= 0.6 is 0 Å². The molecule has 5 nitrogen and oxygen atoms in total. The first-order valence-electron chi connectivity index (χ1n) is 10.8. The molecular formula is C26H31N3O2. The predicted molar refractivity (Wildman–Crippen MR) is 127 cm³/mol. The monoisotopic (exact) mass is 417 g/mol. The standard InChI is InChI=1S/C26H31N3O2/c1-19(2)18-29(17-16-25(30)27-20(3)21-10-5-4-6-11-21)26(31)28-24-15-9-13-22-12-7-8-14-23(22)24/h4-15,19-20H,16-18H2,1-3H3,(H,27,30)(H,28,31). The molecular weight excluding hydrogens is 386 g/mol. The van der Waals surface area contributed by atoms with Crippen molar-refractivity contribution in [3.8, 4) is 0 Å². The van der Waals surface area contributed by atoms with Gasteiger partial charge in [0.15, 0.2) is 0 Å². The number of hydrogen-bond donors (Lipinski definition) is 2. The highest BCUT2D eigenvalue weighted by Crippen LogP contribution is 2.23. The third-order valence-corrected chi connectivity index (χ3v) is 5.19. The Morgan fingerprint density at radius 2 is 1.55 bits per heavy atom. The maximum atomic E-state index is 13.0. The lowest BCUT2D eigenvalue weighted by atomic mass is 10.1. The van der Waals surface area contributed by atoms with Crippen molar-refractivity contribution in [1.29, 1.82) is 0 Å². The molecule has 0 fully saturated rings. The summed E-state index contributed by atoms with van der Waals surface area (Å²) in [6, 6.07) is 23.4. The van der Waals surface area contributed by atoms with Gasteiger partial charge in [0.1, 0.15) is 0 Å². The van der Waals surface area contributed by atoms with Gasteiger partial charge in [0, 0.05) is 24.9 Å². The van der Waals surface area contributed by atoms with Crippen molar-refractivity contribution in [3.63, 3.8) is 0 Å². The molecule has 0 spiro atoms. The first-order valence-corrected chi connectivity index (χ1v) is 10.8. The minimum atomic E-state index is -0.186. The number of carbonyl (C=O) groups excluding carboxylic acids is 2. The van der Waals surface area contributed by atoms with Gasteiger partial charge in [-0.25, -0.2) is 4.79 Å². The normalized spacial score (nSPS) is 11.9. The predicted octanol–water partition coefficient (Wildman–Crippen LogP) is 5.60. The van der Waals surface area contributed by atoms with E-state index in [-0.39, 0.29) is 24.4 Å². The van der Waals surface area contributed by atoms with Gasteiger partial charge in [0.05, 0.1) is 11.7 Å². The molecule has 5 heteroatoms. The third kappa shape index (κ3) is 6.32. The lowest BCUT2D eigenvalue weighted by Crippen LogP contribution is -2.40. The Morgan fingerprint density at radius 1 is 0.871 bits per heavy atom. The second-order valence-electron chi connectivity index (χ2n) is 8.25. The topological polar surface area (TPSA) is 61.4 Å². The van der Waals surface area contributed by atoms with E-state index in [0.29, 0.717) is 19.0 Å². The Bertz CT molecular complexity index is 1010. The highest BCUT2D eigenvalue weighted by atomic mass is 16.2. The van der Waals surface area contributed by atoms with Crippen LogP contribution in [-0.4, -0.2) is 29.9 Å². The van der Waals surface area contributed by atoms with Gasteiger partial charge in [-0.3, -0.25) is 4.79 Å². The molecule has 0 aliphatic rings. The van der Waals surface area contributed by atoms with Crippen molar-refractivity contribution >= 4 is 28.4 Å². The molecule has 31 heavy (non-hydrogen) atoms. The molecule has 0 saturated carbocycles. The van der Waals surface area contributed by atoms with E-state index in [1.54, 1.807) is 4.90 Å². The van der Waals surface area contributed by atoms with Crippen molar-refractivity contribution < 1.29 is 9.59 Å². The van der Waals surface area contributed by atoms with Crippen LogP contribution in [0.5, 0.6) is 0 Å². The molecule has 3 aromatic carbocycles. The van der Waals surface area contributed by atoms with Crippen molar-refractivity contribution in [3.05, 3.63) is 78.4 Å². The molecule has 162 valence electrons. The number of amides is 3. The van der Waals surface area contributed by atoms with E-state index in [0.717, 1.165) is 22.0 Å². The molecule has 3 aromatic rings. The zero-order chi connectivity index (χ0) is 22.2. The van der Waals surface area contributed by atoms with Gasteiger partial charge in [-0.05, 0) is 29.9 Å². The van der Waals surface area contributed by atoms with Crippen molar-refractivity contribution in [2.24, 2.45) is 5.92 Å². The van der Waals surface area contributed by atoms with Gasteiger partial charge in [0.2, 0.25) is 5.91 Å². The quantitative estimate of drug-likeness (QED) is 0.501. The van der Waals surface area contributed by atoms with Crippen LogP contribution in [0.25, 0.3) is 10.8 Å². The Hall–Kier alpha value is -3.34. The van der Waals surface area contributed by atoms with Gasteiger partial charge >= 0.3 is 6.03 Å². The molecule has 0 aromatic heterocycles. The van der Waals surface area contributed by atoms with Crippen LogP contribution in [-0.2, 0) is 4.79 Å². The molecule has 1 atom stereocenters. The van der Waals surface area contributed by atoms with Crippen LogP contribution < -0.4 is 10.6 Å². The lowest BCUT2D eigenvalue weighted by Gasteiger charge is -2.25. The van der Waals surface area contributed by atoms with Crippen LogP contribution in [0, 0.1) is 5.92 Å². The number of benzene rings is 3. The Labute approximate surface area is 184 Å². The van der Waals surface area contributed by atoms with E-state index in [9.17, 15) is 9.59 Å². The minimum absolute atomic E-state index is 0.0666. The number of anilines is 1. The van der Waals surface area contributed by atoms with Crippen molar-refractivity contribution in [1.82, 2.24) is 10.2 Å².